The molecule has 0 aliphatic heterocycles. The molecule has 0 fully saturated rings. The molecule has 3 N–H and O–H groups in total. The molecular weight excluding hydrogens is 364 g/mol. The van der Waals surface area contributed by atoms with Gasteiger partial charge in [0.25, 0.3) is 5.91 Å². The van der Waals surface area contributed by atoms with Crippen LogP contribution in [0.3, 0.4) is 0 Å². The van der Waals surface area contributed by atoms with Crippen LogP contribution in [0.2, 0.25) is 0 Å². The minimum atomic E-state index is -0.702. The quantitative estimate of drug-likeness (QED) is 0.368. The molecular formula is C23H40N4O2. The zero-order valence-corrected chi connectivity index (χ0v) is 18.9. The van der Waals surface area contributed by atoms with E-state index in [1.807, 2.05) is 49.9 Å². The van der Waals surface area contributed by atoms with Crippen LogP contribution in [0.25, 0.3) is 0 Å². The summed E-state index contributed by atoms with van der Waals surface area (Å²) in [6.45, 7) is 13.3. The third-order valence-corrected chi connectivity index (χ3v) is 5.03. The van der Waals surface area contributed by atoms with E-state index in [-0.39, 0.29) is 5.91 Å². The average molecular weight is 405 g/mol. The number of hydrogen-bond donors (Lipinski definition) is 3. The molecule has 0 aliphatic rings. The van der Waals surface area contributed by atoms with Crippen molar-refractivity contribution < 1.29 is 9.90 Å². The second kappa shape index (κ2) is 13.2. The van der Waals surface area contributed by atoms with Gasteiger partial charge in [-0.1, -0.05) is 38.8 Å². The topological polar surface area (TPSA) is 77.0 Å². The Kier molecular flexibility index (Phi) is 11.4. The molecule has 0 aromatic heterocycles. The average Bonchev–Trinajstić information content (AvgIpc) is 2.71. The lowest BCUT2D eigenvalue weighted by molar-refractivity contribution is 0.0257. The van der Waals surface area contributed by atoms with Crippen LogP contribution in [-0.4, -0.2) is 53.7 Å². The Hall–Kier alpha value is -2.08. The van der Waals surface area contributed by atoms with Crippen LogP contribution in [0, 0.1) is 0 Å². The van der Waals surface area contributed by atoms with Gasteiger partial charge in [0.05, 0.1) is 12.1 Å². The molecule has 6 heteroatoms. The van der Waals surface area contributed by atoms with Gasteiger partial charge in [0.2, 0.25) is 0 Å². The number of carbonyl (C=O) groups is 1. The Bertz CT molecular complexity index is 618. The maximum atomic E-state index is 12.4. The highest BCUT2D eigenvalue weighted by atomic mass is 16.3. The van der Waals surface area contributed by atoms with E-state index in [0.717, 1.165) is 37.8 Å². The highest BCUT2D eigenvalue weighted by Gasteiger charge is 2.24. The van der Waals surface area contributed by atoms with Crippen LogP contribution in [-0.2, 0) is 6.54 Å². The van der Waals surface area contributed by atoms with Crippen molar-refractivity contribution in [2.75, 3.05) is 26.2 Å². The first-order valence-corrected chi connectivity index (χ1v) is 11.1. The van der Waals surface area contributed by atoms with Gasteiger partial charge in [-0.25, -0.2) is 4.99 Å². The number of guanidine groups is 1. The molecule has 0 spiro atoms. The standard InChI is InChI=1S/C23H40N4O2/c1-6-15-23(29,16-7-2)18-26-22(24-8-3)25-17-19-11-13-20(14-12-19)21(28)27(9-4)10-5/h11-14,29H,6-10,15-18H2,1-5H3,(H2,24,25,26). The van der Waals surface area contributed by atoms with Crippen molar-refractivity contribution in [3.63, 3.8) is 0 Å². The largest absolute Gasteiger partial charge is 0.388 e. The van der Waals surface area contributed by atoms with Gasteiger partial charge >= 0.3 is 0 Å². The Labute approximate surface area is 176 Å². The lowest BCUT2D eigenvalue weighted by Gasteiger charge is -2.28. The minimum Gasteiger partial charge on any atom is -0.388 e. The van der Waals surface area contributed by atoms with Crippen LogP contribution in [0.5, 0.6) is 0 Å². The number of carbonyl (C=O) groups excluding carboxylic acids is 1. The zero-order chi connectivity index (χ0) is 21.7. The number of benzene rings is 1. The number of nitrogens with one attached hydrogen (secondary N) is 2. The van der Waals surface area contributed by atoms with Crippen molar-refractivity contribution in [2.45, 2.75) is 72.4 Å². The van der Waals surface area contributed by atoms with Crippen LogP contribution < -0.4 is 10.6 Å². The summed E-state index contributed by atoms with van der Waals surface area (Å²) in [5.74, 6) is 0.757. The molecule has 1 amide bonds. The molecule has 29 heavy (non-hydrogen) atoms. The fraction of sp³-hybridized carbons (Fsp3) is 0.652. The highest BCUT2D eigenvalue weighted by molar-refractivity contribution is 5.94. The first-order valence-electron chi connectivity index (χ1n) is 11.1. The van der Waals surface area contributed by atoms with Crippen molar-refractivity contribution >= 4 is 11.9 Å². The van der Waals surface area contributed by atoms with Gasteiger partial charge in [0.15, 0.2) is 5.96 Å². The summed E-state index contributed by atoms with van der Waals surface area (Å²) in [4.78, 5) is 18.9. The molecule has 1 rings (SSSR count). The number of aliphatic hydroxyl groups is 1. The fourth-order valence-electron chi connectivity index (χ4n) is 3.44. The molecule has 0 saturated heterocycles. The summed E-state index contributed by atoms with van der Waals surface area (Å²) >= 11 is 0. The molecule has 0 saturated carbocycles. The molecule has 0 heterocycles. The zero-order valence-electron chi connectivity index (χ0n) is 18.9. The van der Waals surface area contributed by atoms with Gasteiger partial charge < -0.3 is 20.6 Å². The van der Waals surface area contributed by atoms with E-state index < -0.39 is 5.60 Å². The van der Waals surface area contributed by atoms with Gasteiger partial charge in [-0.15, -0.1) is 0 Å². The highest BCUT2D eigenvalue weighted by Crippen LogP contribution is 2.18. The summed E-state index contributed by atoms with van der Waals surface area (Å²) in [5, 5.41) is 17.3. The van der Waals surface area contributed by atoms with Gasteiger partial charge in [0.1, 0.15) is 0 Å². The molecule has 1 aromatic rings. The molecule has 6 nitrogen and oxygen atoms in total. The summed E-state index contributed by atoms with van der Waals surface area (Å²) in [6.07, 6.45) is 3.44. The van der Waals surface area contributed by atoms with E-state index in [2.05, 4.69) is 29.5 Å². The van der Waals surface area contributed by atoms with Crippen LogP contribution in [0.1, 0.15) is 76.2 Å². The van der Waals surface area contributed by atoms with Crippen molar-refractivity contribution in [1.82, 2.24) is 15.5 Å². The minimum absolute atomic E-state index is 0.0613. The number of rotatable bonds is 12. The Morgan fingerprint density at radius 2 is 1.59 bits per heavy atom. The Morgan fingerprint density at radius 1 is 1.00 bits per heavy atom. The second-order valence-corrected chi connectivity index (χ2v) is 7.45. The molecule has 1 aromatic carbocycles. The number of amides is 1. The predicted octanol–water partition coefficient (Wildman–Crippen LogP) is 3.56. The van der Waals surface area contributed by atoms with Crippen LogP contribution >= 0.6 is 0 Å². The Morgan fingerprint density at radius 3 is 2.07 bits per heavy atom. The first-order chi connectivity index (χ1) is 13.9. The number of hydrogen-bond acceptors (Lipinski definition) is 3. The van der Waals surface area contributed by atoms with Gasteiger partial charge in [-0.05, 0) is 51.3 Å². The van der Waals surface area contributed by atoms with Crippen LogP contribution in [0.15, 0.2) is 29.3 Å². The first kappa shape index (κ1) is 25.0. The van der Waals surface area contributed by atoms with E-state index in [9.17, 15) is 9.90 Å². The molecule has 164 valence electrons. The molecule has 0 bridgehead atoms. The van der Waals surface area contributed by atoms with E-state index in [4.69, 9.17) is 0 Å². The van der Waals surface area contributed by atoms with E-state index >= 15 is 0 Å². The predicted molar refractivity (Wildman–Crippen MR) is 121 cm³/mol. The molecule has 0 atom stereocenters. The summed E-state index contributed by atoms with van der Waals surface area (Å²) < 4.78 is 0. The van der Waals surface area contributed by atoms with Crippen molar-refractivity contribution in [1.29, 1.82) is 0 Å². The van der Waals surface area contributed by atoms with Crippen LogP contribution in [0.4, 0.5) is 0 Å². The summed E-state index contributed by atoms with van der Waals surface area (Å²) in [7, 11) is 0. The monoisotopic (exact) mass is 404 g/mol. The van der Waals surface area contributed by atoms with E-state index in [1.54, 1.807) is 0 Å². The van der Waals surface area contributed by atoms with E-state index in [1.165, 1.54) is 0 Å². The molecule has 0 radical (unpaired) electrons. The lowest BCUT2D eigenvalue weighted by atomic mass is 9.93. The van der Waals surface area contributed by atoms with Gasteiger partial charge in [-0.2, -0.15) is 0 Å². The SMILES string of the molecule is CCCC(O)(CCC)CNC(=NCc1ccc(C(=O)N(CC)CC)cc1)NCC. The second-order valence-electron chi connectivity index (χ2n) is 7.45. The number of nitrogens with zero attached hydrogens (tertiary/aromatic N) is 2. The van der Waals surface area contributed by atoms with Gasteiger partial charge in [0, 0.05) is 31.7 Å². The van der Waals surface area contributed by atoms with Crippen molar-refractivity contribution in [2.24, 2.45) is 4.99 Å². The maximum Gasteiger partial charge on any atom is 0.253 e. The Balaban J connectivity index is 2.76. The van der Waals surface area contributed by atoms with E-state index in [0.29, 0.717) is 37.7 Å². The maximum absolute atomic E-state index is 12.4. The smallest absolute Gasteiger partial charge is 0.253 e. The lowest BCUT2D eigenvalue weighted by Crippen LogP contribution is -2.47. The van der Waals surface area contributed by atoms with Gasteiger partial charge in [-0.3, -0.25) is 4.79 Å². The fourth-order valence-corrected chi connectivity index (χ4v) is 3.44. The summed E-state index contributed by atoms with van der Waals surface area (Å²) in [5.41, 5.74) is 1.04. The van der Waals surface area contributed by atoms with Crippen molar-refractivity contribution in [3.8, 4) is 0 Å². The third kappa shape index (κ3) is 8.44. The van der Waals surface area contributed by atoms with Crippen molar-refractivity contribution in [3.05, 3.63) is 35.4 Å². The molecule has 0 aliphatic carbocycles. The number of aliphatic imine (C=N–C) groups is 1. The normalized spacial score (nSPS) is 12.0. The third-order valence-electron chi connectivity index (χ3n) is 5.03. The summed E-state index contributed by atoms with van der Waals surface area (Å²) in [6, 6.07) is 7.64. The molecule has 0 unspecified atom stereocenters.